The number of nitrogens with one attached hydrogen (secondary N) is 2. The number of fused-ring (bicyclic) bond motifs is 1. The quantitative estimate of drug-likeness (QED) is 0.758. The second-order valence-electron chi connectivity index (χ2n) is 4.98. The third-order valence-electron chi connectivity index (χ3n) is 2.96. The molecule has 1 heterocycles. The molecule has 1 atom stereocenters. The summed E-state index contributed by atoms with van der Waals surface area (Å²) in [7, 11) is 0. The number of thiazole rings is 1. The molecule has 0 fully saturated rings. The number of carboxylic acid groups (broad SMARTS) is 1. The van der Waals surface area contributed by atoms with E-state index in [0.29, 0.717) is 5.13 Å². The number of carboxylic acids is 1. The lowest BCUT2D eigenvalue weighted by molar-refractivity contribution is -0.140. The minimum absolute atomic E-state index is 0.0644. The molecule has 1 amide bonds. The average molecular weight is 307 g/mol. The zero-order valence-electron chi connectivity index (χ0n) is 11.8. The molecule has 0 aliphatic rings. The van der Waals surface area contributed by atoms with E-state index in [2.05, 4.69) is 15.6 Å². The summed E-state index contributed by atoms with van der Waals surface area (Å²) in [6.07, 6.45) is 0. The number of hydrogen-bond donors (Lipinski definition) is 3. The number of amides is 1. The Kier molecular flexibility index (Phi) is 4.87. The Morgan fingerprint density at radius 3 is 2.67 bits per heavy atom. The fourth-order valence-corrected chi connectivity index (χ4v) is 2.78. The van der Waals surface area contributed by atoms with Crippen LogP contribution in [-0.4, -0.2) is 34.6 Å². The Balaban J connectivity index is 1.93. The van der Waals surface area contributed by atoms with Gasteiger partial charge in [-0.3, -0.25) is 14.9 Å². The van der Waals surface area contributed by atoms with E-state index in [9.17, 15) is 9.59 Å². The van der Waals surface area contributed by atoms with E-state index >= 15 is 0 Å². The Labute approximate surface area is 126 Å². The summed E-state index contributed by atoms with van der Waals surface area (Å²) >= 11 is 1.39. The Morgan fingerprint density at radius 2 is 2.05 bits per heavy atom. The van der Waals surface area contributed by atoms with Gasteiger partial charge in [-0.2, -0.15) is 0 Å². The molecule has 0 saturated carbocycles. The Bertz CT molecular complexity index is 621. The summed E-state index contributed by atoms with van der Waals surface area (Å²) in [5.41, 5.74) is 0.830. The van der Waals surface area contributed by atoms with Gasteiger partial charge >= 0.3 is 5.97 Å². The van der Waals surface area contributed by atoms with Crippen LogP contribution in [0.3, 0.4) is 0 Å². The van der Waals surface area contributed by atoms with Crippen LogP contribution in [0.2, 0.25) is 0 Å². The molecule has 0 bridgehead atoms. The van der Waals surface area contributed by atoms with Crippen molar-refractivity contribution < 1.29 is 14.7 Å². The predicted octanol–water partition coefficient (Wildman–Crippen LogP) is 1.93. The van der Waals surface area contributed by atoms with Crippen LogP contribution >= 0.6 is 11.3 Å². The van der Waals surface area contributed by atoms with Crippen molar-refractivity contribution in [1.82, 2.24) is 10.3 Å². The van der Waals surface area contributed by atoms with Crippen LogP contribution in [0.15, 0.2) is 24.3 Å². The van der Waals surface area contributed by atoms with Gasteiger partial charge in [0.05, 0.1) is 16.8 Å². The molecule has 1 aromatic heterocycles. The van der Waals surface area contributed by atoms with Gasteiger partial charge in [-0.25, -0.2) is 4.98 Å². The number of carbonyl (C=O) groups excluding carboxylic acids is 1. The predicted molar refractivity (Wildman–Crippen MR) is 82.5 cm³/mol. The average Bonchev–Trinajstić information content (AvgIpc) is 2.79. The first-order valence-electron chi connectivity index (χ1n) is 6.59. The van der Waals surface area contributed by atoms with Crippen LogP contribution in [0.4, 0.5) is 5.13 Å². The lowest BCUT2D eigenvalue weighted by atomic mass is 10.1. The van der Waals surface area contributed by atoms with E-state index < -0.39 is 12.0 Å². The van der Waals surface area contributed by atoms with Gasteiger partial charge in [0.1, 0.15) is 6.04 Å². The molecular weight excluding hydrogens is 290 g/mol. The summed E-state index contributed by atoms with van der Waals surface area (Å²) in [5, 5.41) is 15.0. The largest absolute Gasteiger partial charge is 0.480 e. The lowest BCUT2D eigenvalue weighted by Crippen LogP contribution is -2.44. The van der Waals surface area contributed by atoms with E-state index in [1.54, 1.807) is 13.8 Å². The second kappa shape index (κ2) is 6.64. The number of hydrogen-bond acceptors (Lipinski definition) is 5. The minimum Gasteiger partial charge on any atom is -0.480 e. The fourth-order valence-electron chi connectivity index (χ4n) is 1.90. The number of benzene rings is 1. The summed E-state index contributed by atoms with van der Waals surface area (Å²) in [4.78, 5) is 27.2. The highest BCUT2D eigenvalue weighted by Gasteiger charge is 2.21. The van der Waals surface area contributed by atoms with Crippen molar-refractivity contribution in [3.63, 3.8) is 0 Å². The van der Waals surface area contributed by atoms with Crippen LogP contribution in [0, 0.1) is 5.92 Å². The highest BCUT2D eigenvalue weighted by molar-refractivity contribution is 7.22. The van der Waals surface area contributed by atoms with Crippen molar-refractivity contribution in [3.05, 3.63) is 24.3 Å². The molecule has 0 aliphatic heterocycles. The van der Waals surface area contributed by atoms with Crippen molar-refractivity contribution in [2.24, 2.45) is 5.92 Å². The molecule has 112 valence electrons. The first-order chi connectivity index (χ1) is 9.97. The Hall–Kier alpha value is -1.99. The molecular formula is C14H17N3O3S. The summed E-state index contributed by atoms with van der Waals surface area (Å²) in [6, 6.07) is 6.86. The number of rotatable bonds is 6. The molecule has 6 nitrogen and oxygen atoms in total. The van der Waals surface area contributed by atoms with E-state index in [-0.39, 0.29) is 18.4 Å². The van der Waals surface area contributed by atoms with Crippen molar-refractivity contribution in [3.8, 4) is 0 Å². The van der Waals surface area contributed by atoms with Crippen LogP contribution in [0.5, 0.6) is 0 Å². The number of nitrogens with zero attached hydrogens (tertiary/aromatic N) is 1. The highest BCUT2D eigenvalue weighted by atomic mass is 32.1. The van der Waals surface area contributed by atoms with Crippen molar-refractivity contribution in [2.75, 3.05) is 11.9 Å². The maximum atomic E-state index is 11.8. The maximum absolute atomic E-state index is 11.8. The van der Waals surface area contributed by atoms with Crippen molar-refractivity contribution in [1.29, 1.82) is 0 Å². The van der Waals surface area contributed by atoms with E-state index in [1.807, 2.05) is 24.3 Å². The van der Waals surface area contributed by atoms with Gasteiger partial charge in [-0.15, -0.1) is 0 Å². The van der Waals surface area contributed by atoms with Gasteiger partial charge in [-0.1, -0.05) is 37.3 Å². The van der Waals surface area contributed by atoms with Crippen LogP contribution < -0.4 is 10.6 Å². The van der Waals surface area contributed by atoms with Gasteiger partial charge in [0.2, 0.25) is 5.91 Å². The smallest absolute Gasteiger partial charge is 0.320 e. The normalized spacial score (nSPS) is 12.5. The SMILES string of the molecule is CC(C)C(NCC(=O)Nc1nc2ccccc2s1)C(=O)O. The van der Waals surface area contributed by atoms with Gasteiger partial charge in [0.25, 0.3) is 0 Å². The molecule has 3 N–H and O–H groups in total. The topological polar surface area (TPSA) is 91.3 Å². The van der Waals surface area contributed by atoms with Gasteiger partial charge in [0.15, 0.2) is 5.13 Å². The number of para-hydroxylation sites is 1. The van der Waals surface area contributed by atoms with Crippen molar-refractivity contribution >= 4 is 38.6 Å². The minimum atomic E-state index is -0.960. The van der Waals surface area contributed by atoms with Gasteiger partial charge in [0, 0.05) is 0 Å². The first kappa shape index (κ1) is 15.4. The standard InChI is InChI=1S/C14H17N3O3S/c1-8(2)12(13(19)20)15-7-11(18)17-14-16-9-5-3-4-6-10(9)21-14/h3-6,8,12,15H,7H2,1-2H3,(H,19,20)(H,16,17,18). The molecule has 0 aliphatic carbocycles. The molecule has 7 heteroatoms. The first-order valence-corrected chi connectivity index (χ1v) is 7.40. The molecule has 2 rings (SSSR count). The Morgan fingerprint density at radius 1 is 1.33 bits per heavy atom. The second-order valence-corrected chi connectivity index (χ2v) is 6.01. The summed E-state index contributed by atoms with van der Waals surface area (Å²) in [5.74, 6) is -1.36. The van der Waals surface area contributed by atoms with E-state index in [1.165, 1.54) is 11.3 Å². The molecule has 0 saturated heterocycles. The molecule has 0 radical (unpaired) electrons. The number of anilines is 1. The van der Waals surface area contributed by atoms with Crippen LogP contribution in [0.25, 0.3) is 10.2 Å². The molecule has 21 heavy (non-hydrogen) atoms. The highest BCUT2D eigenvalue weighted by Crippen LogP contribution is 2.25. The van der Waals surface area contributed by atoms with Crippen LogP contribution in [-0.2, 0) is 9.59 Å². The van der Waals surface area contributed by atoms with E-state index in [4.69, 9.17) is 5.11 Å². The third kappa shape index (κ3) is 3.99. The third-order valence-corrected chi connectivity index (χ3v) is 3.91. The molecule has 0 spiro atoms. The van der Waals surface area contributed by atoms with Crippen molar-refractivity contribution in [2.45, 2.75) is 19.9 Å². The number of aliphatic carboxylic acids is 1. The molecule has 2 aromatic rings. The van der Waals surface area contributed by atoms with E-state index in [0.717, 1.165) is 10.2 Å². The number of carbonyl (C=O) groups is 2. The zero-order chi connectivity index (χ0) is 15.4. The van der Waals surface area contributed by atoms with Crippen LogP contribution in [0.1, 0.15) is 13.8 Å². The zero-order valence-corrected chi connectivity index (χ0v) is 12.6. The maximum Gasteiger partial charge on any atom is 0.320 e. The molecule has 1 unspecified atom stereocenters. The summed E-state index contributed by atoms with van der Waals surface area (Å²) in [6.45, 7) is 3.51. The monoisotopic (exact) mass is 307 g/mol. The van der Waals surface area contributed by atoms with Gasteiger partial charge in [-0.05, 0) is 18.1 Å². The molecule has 1 aromatic carbocycles. The fraction of sp³-hybridized carbons (Fsp3) is 0.357. The number of aromatic nitrogens is 1. The van der Waals surface area contributed by atoms with Gasteiger partial charge < -0.3 is 10.4 Å². The lowest BCUT2D eigenvalue weighted by Gasteiger charge is -2.17. The summed E-state index contributed by atoms with van der Waals surface area (Å²) < 4.78 is 0.992.